The van der Waals surface area contributed by atoms with Crippen molar-refractivity contribution in [1.82, 2.24) is 0 Å². The standard InChI is InChI=1S/C13H25NO2/c1-4-16-12(15)13(14)7-5-6-11(9-13)8-10(2)3/h10-11H,4-9,14H2,1-3H3. The van der Waals surface area contributed by atoms with Gasteiger partial charge in [-0.2, -0.15) is 0 Å². The van der Waals surface area contributed by atoms with Gasteiger partial charge in [-0.05, 0) is 38.0 Å². The van der Waals surface area contributed by atoms with Crippen molar-refractivity contribution in [2.75, 3.05) is 6.61 Å². The summed E-state index contributed by atoms with van der Waals surface area (Å²) in [6.45, 7) is 6.69. The summed E-state index contributed by atoms with van der Waals surface area (Å²) in [5, 5.41) is 0. The molecule has 1 rings (SSSR count). The van der Waals surface area contributed by atoms with Crippen LogP contribution in [-0.2, 0) is 9.53 Å². The van der Waals surface area contributed by atoms with Gasteiger partial charge in [0.15, 0.2) is 0 Å². The van der Waals surface area contributed by atoms with Crippen molar-refractivity contribution >= 4 is 5.97 Å². The molecule has 2 N–H and O–H groups in total. The number of nitrogens with two attached hydrogens (primary N) is 1. The van der Waals surface area contributed by atoms with Crippen LogP contribution in [0, 0.1) is 11.8 Å². The number of ether oxygens (including phenoxy) is 1. The summed E-state index contributed by atoms with van der Waals surface area (Å²) in [4.78, 5) is 11.8. The monoisotopic (exact) mass is 227 g/mol. The molecule has 0 aromatic rings. The van der Waals surface area contributed by atoms with Crippen molar-refractivity contribution in [3.8, 4) is 0 Å². The molecule has 3 nitrogen and oxygen atoms in total. The Hall–Kier alpha value is -0.570. The first-order valence-corrected chi connectivity index (χ1v) is 6.44. The summed E-state index contributed by atoms with van der Waals surface area (Å²) in [6, 6.07) is 0. The van der Waals surface area contributed by atoms with E-state index in [-0.39, 0.29) is 5.97 Å². The van der Waals surface area contributed by atoms with Crippen molar-refractivity contribution in [1.29, 1.82) is 0 Å². The normalized spacial score (nSPS) is 30.4. The highest BCUT2D eigenvalue weighted by Crippen LogP contribution is 2.35. The lowest BCUT2D eigenvalue weighted by Crippen LogP contribution is -2.52. The van der Waals surface area contributed by atoms with Crippen LogP contribution >= 0.6 is 0 Å². The Morgan fingerprint density at radius 2 is 2.25 bits per heavy atom. The van der Waals surface area contributed by atoms with Crippen molar-refractivity contribution in [2.45, 2.75) is 58.4 Å². The molecule has 1 aliphatic carbocycles. The predicted molar refractivity (Wildman–Crippen MR) is 65.0 cm³/mol. The molecule has 0 aromatic carbocycles. The van der Waals surface area contributed by atoms with E-state index in [1.165, 1.54) is 12.8 Å². The van der Waals surface area contributed by atoms with Crippen LogP contribution in [0.5, 0.6) is 0 Å². The number of carbonyl (C=O) groups is 1. The molecule has 16 heavy (non-hydrogen) atoms. The van der Waals surface area contributed by atoms with E-state index in [1.807, 2.05) is 6.92 Å². The molecule has 0 aromatic heterocycles. The molecule has 3 heteroatoms. The second kappa shape index (κ2) is 5.67. The second-order valence-corrected chi connectivity index (χ2v) is 5.47. The summed E-state index contributed by atoms with van der Waals surface area (Å²) in [5.41, 5.74) is 5.47. The van der Waals surface area contributed by atoms with E-state index in [1.54, 1.807) is 0 Å². The highest BCUT2D eigenvalue weighted by Gasteiger charge is 2.40. The van der Waals surface area contributed by atoms with Gasteiger partial charge in [0.2, 0.25) is 0 Å². The number of esters is 1. The molecule has 0 aliphatic heterocycles. The fraction of sp³-hybridized carbons (Fsp3) is 0.923. The third-order valence-corrected chi connectivity index (χ3v) is 3.37. The first-order chi connectivity index (χ1) is 7.48. The van der Waals surface area contributed by atoms with Crippen LogP contribution in [0.15, 0.2) is 0 Å². The first-order valence-electron chi connectivity index (χ1n) is 6.44. The zero-order chi connectivity index (χ0) is 12.2. The van der Waals surface area contributed by atoms with Gasteiger partial charge in [0.25, 0.3) is 0 Å². The van der Waals surface area contributed by atoms with Crippen LogP contribution in [0.1, 0.15) is 52.9 Å². The van der Waals surface area contributed by atoms with E-state index in [2.05, 4.69) is 13.8 Å². The van der Waals surface area contributed by atoms with E-state index in [0.29, 0.717) is 18.4 Å². The van der Waals surface area contributed by atoms with E-state index < -0.39 is 5.54 Å². The smallest absolute Gasteiger partial charge is 0.326 e. The molecule has 1 fully saturated rings. The maximum absolute atomic E-state index is 11.8. The highest BCUT2D eigenvalue weighted by molar-refractivity contribution is 5.80. The van der Waals surface area contributed by atoms with Crippen molar-refractivity contribution < 1.29 is 9.53 Å². The maximum atomic E-state index is 11.8. The van der Waals surface area contributed by atoms with E-state index >= 15 is 0 Å². The van der Waals surface area contributed by atoms with Crippen molar-refractivity contribution in [3.05, 3.63) is 0 Å². The molecule has 0 amide bonds. The van der Waals surface area contributed by atoms with Gasteiger partial charge in [0.05, 0.1) is 6.61 Å². The lowest BCUT2D eigenvalue weighted by Gasteiger charge is -2.36. The first kappa shape index (κ1) is 13.5. The van der Waals surface area contributed by atoms with Crippen molar-refractivity contribution in [2.24, 2.45) is 17.6 Å². The average Bonchev–Trinajstić information content (AvgIpc) is 2.17. The third kappa shape index (κ3) is 3.48. The second-order valence-electron chi connectivity index (χ2n) is 5.47. The molecule has 0 radical (unpaired) electrons. The summed E-state index contributed by atoms with van der Waals surface area (Å²) in [5.74, 6) is 1.06. The van der Waals surface area contributed by atoms with Crippen LogP contribution in [0.2, 0.25) is 0 Å². The van der Waals surface area contributed by atoms with Crippen LogP contribution in [-0.4, -0.2) is 18.1 Å². The Bertz CT molecular complexity index is 240. The Kier molecular flexibility index (Phi) is 4.78. The van der Waals surface area contributed by atoms with Crippen LogP contribution < -0.4 is 5.73 Å². The molecular formula is C13H25NO2. The van der Waals surface area contributed by atoms with Crippen LogP contribution in [0.3, 0.4) is 0 Å². The minimum Gasteiger partial charge on any atom is -0.465 e. The molecule has 1 aliphatic rings. The zero-order valence-electron chi connectivity index (χ0n) is 10.8. The lowest BCUT2D eigenvalue weighted by molar-refractivity contribution is -0.151. The quantitative estimate of drug-likeness (QED) is 0.751. The summed E-state index contributed by atoms with van der Waals surface area (Å²) in [6.07, 6.45) is 4.99. The summed E-state index contributed by atoms with van der Waals surface area (Å²) in [7, 11) is 0. The predicted octanol–water partition coefficient (Wildman–Crippen LogP) is 2.48. The van der Waals surface area contributed by atoms with E-state index in [4.69, 9.17) is 10.5 Å². The Morgan fingerprint density at radius 1 is 1.56 bits per heavy atom. The van der Waals surface area contributed by atoms with Crippen LogP contribution in [0.25, 0.3) is 0 Å². The van der Waals surface area contributed by atoms with Gasteiger partial charge in [-0.25, -0.2) is 0 Å². The topological polar surface area (TPSA) is 52.3 Å². The fourth-order valence-electron chi connectivity index (χ4n) is 2.75. The molecular weight excluding hydrogens is 202 g/mol. The minimum absolute atomic E-state index is 0.205. The SMILES string of the molecule is CCOC(=O)C1(N)CCCC(CC(C)C)C1. The van der Waals surface area contributed by atoms with E-state index in [9.17, 15) is 4.79 Å². The number of carbonyl (C=O) groups excluding carboxylic acids is 1. The fourth-order valence-corrected chi connectivity index (χ4v) is 2.75. The molecule has 0 heterocycles. The van der Waals surface area contributed by atoms with Crippen LogP contribution in [0.4, 0.5) is 0 Å². The molecule has 0 bridgehead atoms. The van der Waals surface area contributed by atoms with E-state index in [0.717, 1.165) is 19.3 Å². The number of hydrogen-bond donors (Lipinski definition) is 1. The van der Waals surface area contributed by atoms with Gasteiger partial charge in [-0.15, -0.1) is 0 Å². The van der Waals surface area contributed by atoms with Gasteiger partial charge in [0, 0.05) is 0 Å². The van der Waals surface area contributed by atoms with Crippen molar-refractivity contribution in [3.63, 3.8) is 0 Å². The molecule has 2 atom stereocenters. The highest BCUT2D eigenvalue weighted by atomic mass is 16.5. The van der Waals surface area contributed by atoms with Gasteiger partial charge >= 0.3 is 5.97 Å². The molecule has 94 valence electrons. The van der Waals surface area contributed by atoms with Gasteiger partial charge in [0.1, 0.15) is 5.54 Å². The average molecular weight is 227 g/mol. The maximum Gasteiger partial charge on any atom is 0.326 e. The molecule has 2 unspecified atom stereocenters. The number of rotatable bonds is 4. The Labute approximate surface area is 98.7 Å². The molecule has 0 saturated heterocycles. The summed E-state index contributed by atoms with van der Waals surface area (Å²) < 4.78 is 5.07. The Balaban J connectivity index is 2.57. The number of hydrogen-bond acceptors (Lipinski definition) is 3. The lowest BCUT2D eigenvalue weighted by atomic mass is 9.73. The molecule has 1 saturated carbocycles. The molecule has 0 spiro atoms. The van der Waals surface area contributed by atoms with Gasteiger partial charge < -0.3 is 10.5 Å². The Morgan fingerprint density at radius 3 is 2.81 bits per heavy atom. The van der Waals surface area contributed by atoms with Gasteiger partial charge in [-0.1, -0.05) is 26.7 Å². The van der Waals surface area contributed by atoms with Gasteiger partial charge in [-0.3, -0.25) is 4.79 Å². The minimum atomic E-state index is -0.714. The summed E-state index contributed by atoms with van der Waals surface area (Å²) >= 11 is 0. The third-order valence-electron chi connectivity index (χ3n) is 3.37. The zero-order valence-corrected chi connectivity index (χ0v) is 10.8. The largest absolute Gasteiger partial charge is 0.465 e.